The average Bonchev–Trinajstić information content (AvgIpc) is 2.94. The van der Waals surface area contributed by atoms with Crippen molar-refractivity contribution >= 4 is 18.3 Å². The fraction of sp³-hybridized carbons (Fsp3) is 0.933. The number of aliphatic hydroxyl groups excluding tert-OH is 1. The minimum absolute atomic E-state index is 0. The molecule has 0 aromatic rings. The molecular formula is C15H26ClFN2O3. The molecule has 3 unspecified atom stereocenters. The number of likely N-dealkylation sites (tertiary alicyclic amines) is 1. The number of hydrogen-bond acceptors (Lipinski definition) is 4. The Morgan fingerprint density at radius 3 is 2.59 bits per heavy atom. The second kappa shape index (κ2) is 6.59. The van der Waals surface area contributed by atoms with Crippen LogP contribution in [0.4, 0.5) is 4.39 Å². The third-order valence-electron chi connectivity index (χ3n) is 5.58. The van der Waals surface area contributed by atoms with E-state index in [0.29, 0.717) is 45.5 Å². The monoisotopic (exact) mass is 336 g/mol. The Balaban J connectivity index is 0.00000176. The predicted molar refractivity (Wildman–Crippen MR) is 82.9 cm³/mol. The Bertz CT molecular complexity index is 408. The zero-order valence-corrected chi connectivity index (χ0v) is 13.8. The van der Waals surface area contributed by atoms with Gasteiger partial charge in [-0.2, -0.15) is 0 Å². The number of nitrogens with one attached hydrogen (secondary N) is 1. The standard InChI is InChI=1S/C15H25FN2O3.ClH/c1-2-21-12-9-11(19)14(12)4-7-18(8-5-14)13(20)15(16)3-6-17-10-15;/h11-12,17,19H,2-10H2,1H3;1H. The van der Waals surface area contributed by atoms with E-state index < -0.39 is 5.67 Å². The van der Waals surface area contributed by atoms with E-state index in [1.54, 1.807) is 4.90 Å². The van der Waals surface area contributed by atoms with Crippen LogP contribution in [0.2, 0.25) is 0 Å². The highest BCUT2D eigenvalue weighted by Crippen LogP contribution is 2.51. The third kappa shape index (κ3) is 2.75. The molecule has 2 N–H and O–H groups in total. The zero-order chi connectivity index (χ0) is 15.1. The molecule has 0 aromatic heterocycles. The Morgan fingerprint density at radius 1 is 1.41 bits per heavy atom. The first-order chi connectivity index (χ1) is 10.0. The van der Waals surface area contributed by atoms with E-state index in [9.17, 15) is 14.3 Å². The summed E-state index contributed by atoms with van der Waals surface area (Å²) in [5, 5.41) is 13.1. The molecule has 1 spiro atoms. The summed E-state index contributed by atoms with van der Waals surface area (Å²) in [6, 6.07) is 0. The molecule has 0 aromatic carbocycles. The Hall–Kier alpha value is -0.430. The minimum atomic E-state index is -1.73. The lowest BCUT2D eigenvalue weighted by Gasteiger charge is -2.56. The number of carbonyl (C=O) groups excluding carboxylic acids is 1. The molecule has 1 saturated carbocycles. The van der Waals surface area contributed by atoms with Crippen LogP contribution >= 0.6 is 12.4 Å². The van der Waals surface area contributed by atoms with Gasteiger partial charge in [-0.05, 0) is 26.3 Å². The van der Waals surface area contributed by atoms with Crippen molar-refractivity contribution in [1.29, 1.82) is 0 Å². The molecular weight excluding hydrogens is 311 g/mol. The van der Waals surface area contributed by atoms with Crippen LogP contribution in [0.5, 0.6) is 0 Å². The van der Waals surface area contributed by atoms with Crippen LogP contribution in [-0.4, -0.2) is 66.6 Å². The lowest BCUT2D eigenvalue weighted by Crippen LogP contribution is -2.63. The van der Waals surface area contributed by atoms with Gasteiger partial charge in [0.05, 0.1) is 12.2 Å². The smallest absolute Gasteiger partial charge is 0.261 e. The number of hydrogen-bond donors (Lipinski definition) is 2. The maximum absolute atomic E-state index is 14.5. The highest BCUT2D eigenvalue weighted by atomic mass is 35.5. The van der Waals surface area contributed by atoms with Crippen molar-refractivity contribution in [2.24, 2.45) is 5.41 Å². The second-order valence-corrected chi connectivity index (χ2v) is 6.61. The first-order valence-corrected chi connectivity index (χ1v) is 8.00. The maximum atomic E-state index is 14.5. The van der Waals surface area contributed by atoms with Crippen molar-refractivity contribution in [3.8, 4) is 0 Å². The van der Waals surface area contributed by atoms with Crippen LogP contribution in [0.1, 0.15) is 32.6 Å². The van der Waals surface area contributed by atoms with Gasteiger partial charge in [0.25, 0.3) is 5.91 Å². The molecule has 3 fully saturated rings. The van der Waals surface area contributed by atoms with Crippen molar-refractivity contribution in [3.05, 3.63) is 0 Å². The van der Waals surface area contributed by atoms with Crippen molar-refractivity contribution in [2.75, 3.05) is 32.8 Å². The molecule has 3 atom stereocenters. The van der Waals surface area contributed by atoms with Crippen LogP contribution in [0.15, 0.2) is 0 Å². The van der Waals surface area contributed by atoms with Crippen LogP contribution < -0.4 is 5.32 Å². The summed E-state index contributed by atoms with van der Waals surface area (Å²) in [6.07, 6.45) is 2.08. The molecule has 2 heterocycles. The van der Waals surface area contributed by atoms with Gasteiger partial charge >= 0.3 is 0 Å². The summed E-state index contributed by atoms with van der Waals surface area (Å²) in [4.78, 5) is 14.0. The first kappa shape index (κ1) is 17.9. The molecule has 5 nitrogen and oxygen atoms in total. The van der Waals surface area contributed by atoms with Gasteiger partial charge in [-0.15, -0.1) is 12.4 Å². The number of halogens is 2. The Kier molecular flexibility index (Phi) is 5.37. The van der Waals surface area contributed by atoms with Crippen LogP contribution in [-0.2, 0) is 9.53 Å². The van der Waals surface area contributed by atoms with E-state index in [-0.39, 0.29) is 48.9 Å². The minimum Gasteiger partial charge on any atom is -0.392 e. The number of aliphatic hydroxyl groups is 1. The Morgan fingerprint density at radius 2 is 2.09 bits per heavy atom. The molecule has 3 rings (SSSR count). The van der Waals surface area contributed by atoms with Crippen molar-refractivity contribution in [2.45, 2.75) is 50.5 Å². The van der Waals surface area contributed by atoms with Gasteiger partial charge in [0.1, 0.15) is 0 Å². The third-order valence-corrected chi connectivity index (χ3v) is 5.58. The molecule has 1 amide bonds. The summed E-state index contributed by atoms with van der Waals surface area (Å²) in [6.45, 7) is 4.32. The quantitative estimate of drug-likeness (QED) is 0.803. The maximum Gasteiger partial charge on any atom is 0.261 e. The SMILES string of the molecule is CCOC1CC(O)C12CCN(C(=O)C1(F)CCNC1)CC2.Cl. The lowest BCUT2D eigenvalue weighted by molar-refractivity contribution is -0.211. The van der Waals surface area contributed by atoms with E-state index in [1.165, 1.54) is 0 Å². The number of carbonyl (C=O) groups is 1. The van der Waals surface area contributed by atoms with Gasteiger partial charge in [-0.1, -0.05) is 0 Å². The molecule has 0 bridgehead atoms. The summed E-state index contributed by atoms with van der Waals surface area (Å²) >= 11 is 0. The van der Waals surface area contributed by atoms with Gasteiger partial charge in [0.15, 0.2) is 0 Å². The molecule has 128 valence electrons. The average molecular weight is 337 g/mol. The number of alkyl halides is 1. The second-order valence-electron chi connectivity index (χ2n) is 6.61. The summed E-state index contributed by atoms with van der Waals surface area (Å²) < 4.78 is 20.2. The van der Waals surface area contributed by atoms with Gasteiger partial charge < -0.3 is 20.1 Å². The van der Waals surface area contributed by atoms with Gasteiger partial charge in [-0.25, -0.2) is 4.39 Å². The van der Waals surface area contributed by atoms with Crippen LogP contribution in [0, 0.1) is 5.41 Å². The highest BCUT2D eigenvalue weighted by molar-refractivity contribution is 5.86. The first-order valence-electron chi connectivity index (χ1n) is 8.00. The lowest BCUT2D eigenvalue weighted by atomic mass is 9.58. The fourth-order valence-corrected chi connectivity index (χ4v) is 4.07. The fourth-order valence-electron chi connectivity index (χ4n) is 4.07. The number of amides is 1. The molecule has 22 heavy (non-hydrogen) atoms. The zero-order valence-electron chi connectivity index (χ0n) is 13.0. The van der Waals surface area contributed by atoms with E-state index >= 15 is 0 Å². The predicted octanol–water partition coefficient (Wildman–Crippen LogP) is 0.888. The van der Waals surface area contributed by atoms with Crippen molar-refractivity contribution in [1.82, 2.24) is 10.2 Å². The number of nitrogens with zero attached hydrogens (tertiary/aromatic N) is 1. The largest absolute Gasteiger partial charge is 0.392 e. The van der Waals surface area contributed by atoms with Crippen LogP contribution in [0.3, 0.4) is 0 Å². The number of ether oxygens (including phenoxy) is 1. The highest BCUT2D eigenvalue weighted by Gasteiger charge is 2.57. The molecule has 2 saturated heterocycles. The Labute approximate surface area is 137 Å². The van der Waals surface area contributed by atoms with Gasteiger partial charge in [0.2, 0.25) is 5.67 Å². The van der Waals surface area contributed by atoms with Crippen molar-refractivity contribution < 1.29 is 19.0 Å². The van der Waals surface area contributed by atoms with E-state index in [4.69, 9.17) is 4.74 Å². The van der Waals surface area contributed by atoms with Gasteiger partial charge in [-0.3, -0.25) is 4.79 Å². The van der Waals surface area contributed by atoms with Crippen molar-refractivity contribution in [3.63, 3.8) is 0 Å². The van der Waals surface area contributed by atoms with Crippen LogP contribution in [0.25, 0.3) is 0 Å². The molecule has 3 aliphatic rings. The number of rotatable bonds is 3. The number of piperidine rings is 1. The van der Waals surface area contributed by atoms with Gasteiger partial charge in [0, 0.05) is 44.5 Å². The summed E-state index contributed by atoms with van der Waals surface area (Å²) in [7, 11) is 0. The van der Waals surface area contributed by atoms with E-state index in [1.807, 2.05) is 6.92 Å². The summed E-state index contributed by atoms with van der Waals surface area (Å²) in [5.41, 5.74) is -1.95. The normalized spacial score (nSPS) is 36.8. The molecule has 7 heteroatoms. The molecule has 0 radical (unpaired) electrons. The molecule has 2 aliphatic heterocycles. The summed E-state index contributed by atoms with van der Waals surface area (Å²) in [5.74, 6) is -0.385. The topological polar surface area (TPSA) is 61.8 Å². The van der Waals surface area contributed by atoms with E-state index in [2.05, 4.69) is 5.32 Å². The molecule has 1 aliphatic carbocycles. The van der Waals surface area contributed by atoms with E-state index in [0.717, 1.165) is 0 Å².